The van der Waals surface area contributed by atoms with E-state index in [0.717, 1.165) is 5.56 Å². The predicted molar refractivity (Wildman–Crippen MR) is 82.5 cm³/mol. The highest BCUT2D eigenvalue weighted by molar-refractivity contribution is 6.30. The molecule has 0 saturated heterocycles. The molecule has 0 aliphatic rings. The van der Waals surface area contributed by atoms with E-state index in [-0.39, 0.29) is 11.6 Å². The highest BCUT2D eigenvalue weighted by Gasteiger charge is 2.17. The molecule has 110 valence electrons. The topological polar surface area (TPSA) is 74.8 Å². The summed E-state index contributed by atoms with van der Waals surface area (Å²) in [5.41, 5.74) is 0.360. The van der Waals surface area contributed by atoms with Crippen LogP contribution in [0.15, 0.2) is 35.1 Å². The van der Waals surface area contributed by atoms with Crippen LogP contribution in [-0.4, -0.2) is 21.4 Å². The fraction of sp³-hybridized carbons (Fsp3) is 0.267. The van der Waals surface area contributed by atoms with Crippen molar-refractivity contribution in [3.8, 4) is 11.3 Å². The van der Waals surface area contributed by atoms with Crippen molar-refractivity contribution in [3.63, 3.8) is 0 Å². The van der Waals surface area contributed by atoms with Gasteiger partial charge >= 0.3 is 5.69 Å². The number of aromatic amines is 1. The number of hydrogen-bond acceptors (Lipinski definition) is 3. The SMILES string of the molecule is CC(C)(C)NC(=O)c1cc(-c2ccc(Cl)cc2)nc(=O)[nH]1. The van der Waals surface area contributed by atoms with E-state index >= 15 is 0 Å². The lowest BCUT2D eigenvalue weighted by Gasteiger charge is -2.20. The molecule has 21 heavy (non-hydrogen) atoms. The number of amides is 1. The molecular formula is C15H16ClN3O2. The van der Waals surface area contributed by atoms with E-state index in [1.807, 2.05) is 20.8 Å². The van der Waals surface area contributed by atoms with E-state index in [1.54, 1.807) is 30.3 Å². The Balaban J connectivity index is 2.40. The van der Waals surface area contributed by atoms with Gasteiger partial charge in [0.1, 0.15) is 5.69 Å². The minimum Gasteiger partial charge on any atom is -0.346 e. The zero-order valence-electron chi connectivity index (χ0n) is 12.0. The van der Waals surface area contributed by atoms with Crippen molar-refractivity contribution in [3.05, 3.63) is 51.5 Å². The molecule has 0 fully saturated rings. The summed E-state index contributed by atoms with van der Waals surface area (Å²) in [5, 5.41) is 3.38. The van der Waals surface area contributed by atoms with Crippen molar-refractivity contribution in [1.82, 2.24) is 15.3 Å². The van der Waals surface area contributed by atoms with Crippen LogP contribution in [0.5, 0.6) is 0 Å². The maximum atomic E-state index is 12.1. The summed E-state index contributed by atoms with van der Waals surface area (Å²) in [7, 11) is 0. The van der Waals surface area contributed by atoms with Crippen LogP contribution in [0.1, 0.15) is 31.3 Å². The maximum absolute atomic E-state index is 12.1. The second-order valence-electron chi connectivity index (χ2n) is 5.70. The first-order chi connectivity index (χ1) is 9.74. The molecule has 1 aromatic heterocycles. The average molecular weight is 306 g/mol. The number of rotatable bonds is 2. The van der Waals surface area contributed by atoms with Crippen LogP contribution in [0.25, 0.3) is 11.3 Å². The molecule has 5 nitrogen and oxygen atoms in total. The zero-order valence-corrected chi connectivity index (χ0v) is 12.8. The van der Waals surface area contributed by atoms with Crippen LogP contribution >= 0.6 is 11.6 Å². The summed E-state index contributed by atoms with van der Waals surface area (Å²) in [6, 6.07) is 8.44. The molecular weight excluding hydrogens is 290 g/mol. The molecule has 1 heterocycles. The van der Waals surface area contributed by atoms with Crippen molar-refractivity contribution in [2.75, 3.05) is 0 Å². The second-order valence-corrected chi connectivity index (χ2v) is 6.13. The Bertz CT molecular complexity index is 715. The third kappa shape index (κ3) is 4.16. The van der Waals surface area contributed by atoms with Gasteiger partial charge in [-0.2, -0.15) is 4.98 Å². The molecule has 1 amide bonds. The molecule has 0 radical (unpaired) electrons. The average Bonchev–Trinajstić information content (AvgIpc) is 2.36. The van der Waals surface area contributed by atoms with Crippen molar-refractivity contribution in [2.24, 2.45) is 0 Å². The van der Waals surface area contributed by atoms with Crippen LogP contribution in [-0.2, 0) is 0 Å². The number of nitrogens with zero attached hydrogens (tertiary/aromatic N) is 1. The van der Waals surface area contributed by atoms with Crippen molar-refractivity contribution >= 4 is 17.5 Å². The fourth-order valence-corrected chi connectivity index (χ4v) is 1.88. The van der Waals surface area contributed by atoms with E-state index in [4.69, 9.17) is 11.6 Å². The van der Waals surface area contributed by atoms with Gasteiger partial charge in [0, 0.05) is 16.1 Å². The number of benzene rings is 1. The molecule has 0 unspecified atom stereocenters. The van der Waals surface area contributed by atoms with Crippen molar-refractivity contribution in [2.45, 2.75) is 26.3 Å². The van der Waals surface area contributed by atoms with Crippen LogP contribution in [0, 0.1) is 0 Å². The summed E-state index contributed by atoms with van der Waals surface area (Å²) in [6.45, 7) is 5.60. The molecule has 0 spiro atoms. The van der Waals surface area contributed by atoms with E-state index in [9.17, 15) is 9.59 Å². The van der Waals surface area contributed by atoms with Gasteiger partial charge in [0.25, 0.3) is 5.91 Å². The minimum atomic E-state index is -0.568. The summed E-state index contributed by atoms with van der Waals surface area (Å²) >= 11 is 5.83. The van der Waals surface area contributed by atoms with Gasteiger partial charge in [-0.05, 0) is 39.0 Å². The summed E-state index contributed by atoms with van der Waals surface area (Å²) < 4.78 is 0. The number of carbonyl (C=O) groups is 1. The highest BCUT2D eigenvalue weighted by Crippen LogP contribution is 2.19. The van der Waals surface area contributed by atoms with E-state index in [1.165, 1.54) is 0 Å². The van der Waals surface area contributed by atoms with Gasteiger partial charge < -0.3 is 10.3 Å². The summed E-state index contributed by atoms with van der Waals surface area (Å²) in [6.07, 6.45) is 0. The molecule has 0 aliphatic heterocycles. The Morgan fingerprint density at radius 3 is 2.43 bits per heavy atom. The van der Waals surface area contributed by atoms with E-state index in [2.05, 4.69) is 15.3 Å². The van der Waals surface area contributed by atoms with E-state index < -0.39 is 11.2 Å². The predicted octanol–water partition coefficient (Wildman–Crippen LogP) is 2.62. The molecule has 0 bridgehead atoms. The van der Waals surface area contributed by atoms with Gasteiger partial charge in [-0.3, -0.25) is 4.79 Å². The zero-order chi connectivity index (χ0) is 15.6. The van der Waals surface area contributed by atoms with Gasteiger partial charge in [0.2, 0.25) is 0 Å². The van der Waals surface area contributed by atoms with E-state index in [0.29, 0.717) is 10.7 Å². The van der Waals surface area contributed by atoms with Crippen LogP contribution in [0.4, 0.5) is 0 Å². The van der Waals surface area contributed by atoms with Gasteiger partial charge in [-0.1, -0.05) is 23.7 Å². The van der Waals surface area contributed by atoms with Gasteiger partial charge in [0.05, 0.1) is 5.69 Å². The van der Waals surface area contributed by atoms with Crippen LogP contribution in [0.2, 0.25) is 5.02 Å². The minimum absolute atomic E-state index is 0.176. The number of carbonyl (C=O) groups excluding carboxylic acids is 1. The van der Waals surface area contributed by atoms with Crippen LogP contribution in [0.3, 0.4) is 0 Å². The van der Waals surface area contributed by atoms with Gasteiger partial charge in [0.15, 0.2) is 0 Å². The summed E-state index contributed by atoms with van der Waals surface area (Å²) in [4.78, 5) is 30.1. The molecule has 0 aliphatic carbocycles. The second kappa shape index (κ2) is 5.69. The number of aromatic nitrogens is 2. The molecule has 2 aromatic rings. The van der Waals surface area contributed by atoms with Crippen LogP contribution < -0.4 is 11.0 Å². The monoisotopic (exact) mass is 305 g/mol. The number of nitrogens with one attached hydrogen (secondary N) is 2. The quantitative estimate of drug-likeness (QED) is 0.895. The van der Waals surface area contributed by atoms with Gasteiger partial charge in [-0.15, -0.1) is 0 Å². The number of halogens is 1. The highest BCUT2D eigenvalue weighted by atomic mass is 35.5. The Morgan fingerprint density at radius 1 is 1.24 bits per heavy atom. The first kappa shape index (κ1) is 15.3. The molecule has 6 heteroatoms. The van der Waals surface area contributed by atoms with Crippen molar-refractivity contribution < 1.29 is 4.79 Å². The first-order valence-corrected chi connectivity index (χ1v) is 6.82. The maximum Gasteiger partial charge on any atom is 0.346 e. The lowest BCUT2D eigenvalue weighted by Crippen LogP contribution is -2.41. The lowest BCUT2D eigenvalue weighted by molar-refractivity contribution is 0.0914. The number of hydrogen-bond donors (Lipinski definition) is 2. The Morgan fingerprint density at radius 2 is 1.86 bits per heavy atom. The normalized spacial score (nSPS) is 11.2. The standard InChI is InChI=1S/C15H16ClN3O2/c1-15(2,3)19-13(20)12-8-11(17-14(21)18-12)9-4-6-10(16)7-5-9/h4-8H,1-3H3,(H,19,20)(H,17,18,21). The Labute approximate surface area is 127 Å². The smallest absolute Gasteiger partial charge is 0.346 e. The Kier molecular flexibility index (Phi) is 4.14. The third-order valence-electron chi connectivity index (χ3n) is 2.62. The van der Waals surface area contributed by atoms with Crippen molar-refractivity contribution in [1.29, 1.82) is 0 Å². The first-order valence-electron chi connectivity index (χ1n) is 6.44. The molecule has 1 aromatic carbocycles. The third-order valence-corrected chi connectivity index (χ3v) is 2.87. The number of H-pyrrole nitrogens is 1. The molecule has 0 saturated carbocycles. The fourth-order valence-electron chi connectivity index (χ4n) is 1.76. The summed E-state index contributed by atoms with van der Waals surface area (Å²) in [5.74, 6) is -0.350. The molecule has 0 atom stereocenters. The van der Waals surface area contributed by atoms with Gasteiger partial charge in [-0.25, -0.2) is 4.79 Å². The lowest BCUT2D eigenvalue weighted by atomic mass is 10.1. The largest absolute Gasteiger partial charge is 0.346 e. The Hall–Kier alpha value is -2.14. The molecule has 2 N–H and O–H groups in total. The molecule has 2 rings (SSSR count).